The molecule has 1 aliphatic rings. The van der Waals surface area contributed by atoms with Crippen LogP contribution in [0.5, 0.6) is 0 Å². The number of rotatable bonds is 7. The summed E-state index contributed by atoms with van der Waals surface area (Å²) in [4.78, 5) is 44.5. The first kappa shape index (κ1) is 19.5. The summed E-state index contributed by atoms with van der Waals surface area (Å²) in [6, 6.07) is 6.83. The highest BCUT2D eigenvalue weighted by Gasteiger charge is 2.51. The van der Waals surface area contributed by atoms with E-state index in [-0.39, 0.29) is 23.8 Å². The second-order valence-corrected chi connectivity index (χ2v) is 6.84. The van der Waals surface area contributed by atoms with Gasteiger partial charge >= 0.3 is 0 Å². The quantitative estimate of drug-likeness (QED) is 0.670. The van der Waals surface area contributed by atoms with Crippen LogP contribution >= 0.6 is 0 Å². The lowest BCUT2D eigenvalue weighted by atomic mass is 10.0. The van der Waals surface area contributed by atoms with Gasteiger partial charge in [-0.3, -0.25) is 14.4 Å². The van der Waals surface area contributed by atoms with Gasteiger partial charge in [0.2, 0.25) is 5.91 Å². The fourth-order valence-electron chi connectivity index (χ4n) is 2.84. The predicted octanol–water partition coefficient (Wildman–Crippen LogP) is 1.37. The molecule has 1 fully saturated rings. The lowest BCUT2D eigenvalue weighted by Gasteiger charge is -2.21. The molecule has 2 aromatic rings. The van der Waals surface area contributed by atoms with Crippen molar-refractivity contribution < 1.29 is 14.4 Å². The van der Waals surface area contributed by atoms with Crippen molar-refractivity contribution in [2.75, 3.05) is 6.54 Å². The van der Waals surface area contributed by atoms with Crippen LogP contribution in [0.25, 0.3) is 0 Å². The summed E-state index contributed by atoms with van der Waals surface area (Å²) in [5, 5.41) is 8.48. The average Bonchev–Trinajstić information content (AvgIpc) is 3.49. The number of carbonyl (C=O) groups excluding carboxylic acids is 3. The van der Waals surface area contributed by atoms with E-state index in [1.165, 1.54) is 18.7 Å². The minimum atomic E-state index is -0.887. The molecule has 3 amide bonds. The van der Waals surface area contributed by atoms with Crippen molar-refractivity contribution in [2.24, 2.45) is 0 Å². The molecule has 8 nitrogen and oxygen atoms in total. The maximum absolute atomic E-state index is 12.7. The summed E-state index contributed by atoms with van der Waals surface area (Å²) in [5.74, 6) is -0.722. The van der Waals surface area contributed by atoms with Crippen molar-refractivity contribution in [1.82, 2.24) is 25.9 Å². The van der Waals surface area contributed by atoms with Gasteiger partial charge in [0.25, 0.3) is 11.8 Å². The van der Waals surface area contributed by atoms with Crippen molar-refractivity contribution in [3.8, 4) is 0 Å². The molecule has 3 N–H and O–H groups in total. The zero-order valence-electron chi connectivity index (χ0n) is 15.9. The first-order valence-corrected chi connectivity index (χ1v) is 9.22. The number of nitrogens with one attached hydrogen (secondary N) is 3. The number of benzene rings is 1. The minimum absolute atomic E-state index is 0.129. The van der Waals surface area contributed by atoms with E-state index in [1.54, 1.807) is 12.1 Å². The van der Waals surface area contributed by atoms with Crippen LogP contribution in [0.15, 0.2) is 43.0 Å². The summed E-state index contributed by atoms with van der Waals surface area (Å²) in [6.45, 7) is 4.29. The standard InChI is InChI=1S/C20H23N5O3/c1-3-23-17(26)15-6-4-14(5-7-15)13(2)24-19(28)20(8-9-20)25-18(27)16-10-21-12-22-11-16/h4-7,10-13H,3,8-9H2,1-2H3,(H,23,26)(H,24,28)(H,25,27)/t13-/m1/s1. The molecule has 0 aliphatic heterocycles. The van der Waals surface area contributed by atoms with E-state index in [9.17, 15) is 14.4 Å². The van der Waals surface area contributed by atoms with Gasteiger partial charge in [0, 0.05) is 24.5 Å². The topological polar surface area (TPSA) is 113 Å². The Bertz CT molecular complexity index is 863. The smallest absolute Gasteiger partial charge is 0.255 e. The third kappa shape index (κ3) is 4.33. The van der Waals surface area contributed by atoms with Crippen molar-refractivity contribution >= 4 is 17.7 Å². The van der Waals surface area contributed by atoms with E-state index in [4.69, 9.17) is 0 Å². The molecular formula is C20H23N5O3. The third-order valence-corrected chi connectivity index (χ3v) is 4.72. The van der Waals surface area contributed by atoms with Gasteiger partial charge in [-0.1, -0.05) is 12.1 Å². The first-order valence-electron chi connectivity index (χ1n) is 9.22. The molecule has 1 aromatic carbocycles. The Balaban J connectivity index is 1.60. The van der Waals surface area contributed by atoms with Gasteiger partial charge in [-0.05, 0) is 44.4 Å². The van der Waals surface area contributed by atoms with Crippen LogP contribution < -0.4 is 16.0 Å². The van der Waals surface area contributed by atoms with E-state index in [2.05, 4.69) is 25.9 Å². The summed E-state index contributed by atoms with van der Waals surface area (Å²) >= 11 is 0. The molecule has 146 valence electrons. The molecule has 1 aliphatic carbocycles. The molecule has 1 saturated carbocycles. The van der Waals surface area contributed by atoms with Crippen LogP contribution in [0.4, 0.5) is 0 Å². The maximum Gasteiger partial charge on any atom is 0.255 e. The van der Waals surface area contributed by atoms with Crippen LogP contribution in [-0.4, -0.2) is 39.8 Å². The first-order chi connectivity index (χ1) is 13.4. The Kier molecular flexibility index (Phi) is 5.67. The molecule has 0 saturated heterocycles. The fourth-order valence-corrected chi connectivity index (χ4v) is 2.84. The Morgan fingerprint density at radius 3 is 2.25 bits per heavy atom. The minimum Gasteiger partial charge on any atom is -0.352 e. The number of hydrogen-bond donors (Lipinski definition) is 3. The Morgan fingerprint density at radius 2 is 1.68 bits per heavy atom. The molecular weight excluding hydrogens is 358 g/mol. The Hall–Kier alpha value is -3.29. The molecule has 0 bridgehead atoms. The molecule has 3 rings (SSSR count). The van der Waals surface area contributed by atoms with Crippen LogP contribution in [0, 0.1) is 0 Å². The van der Waals surface area contributed by atoms with Gasteiger partial charge in [-0.25, -0.2) is 9.97 Å². The van der Waals surface area contributed by atoms with Crippen LogP contribution in [-0.2, 0) is 4.79 Å². The van der Waals surface area contributed by atoms with Crippen molar-refractivity contribution in [2.45, 2.75) is 38.3 Å². The van der Waals surface area contributed by atoms with Gasteiger partial charge in [-0.2, -0.15) is 0 Å². The number of amides is 3. The van der Waals surface area contributed by atoms with Gasteiger partial charge in [0.1, 0.15) is 11.9 Å². The molecule has 1 heterocycles. The molecule has 0 radical (unpaired) electrons. The van der Waals surface area contributed by atoms with Crippen LogP contribution in [0.2, 0.25) is 0 Å². The highest BCUT2D eigenvalue weighted by molar-refractivity contribution is 6.00. The Morgan fingerprint density at radius 1 is 1.04 bits per heavy atom. The molecule has 0 unspecified atom stereocenters. The van der Waals surface area contributed by atoms with E-state index in [0.29, 0.717) is 30.5 Å². The van der Waals surface area contributed by atoms with Crippen molar-refractivity contribution in [3.05, 3.63) is 59.7 Å². The van der Waals surface area contributed by atoms with Crippen LogP contribution in [0.1, 0.15) is 59.0 Å². The van der Waals surface area contributed by atoms with Crippen molar-refractivity contribution in [3.63, 3.8) is 0 Å². The van der Waals surface area contributed by atoms with E-state index >= 15 is 0 Å². The zero-order chi connectivity index (χ0) is 20.1. The number of nitrogens with zero attached hydrogens (tertiary/aromatic N) is 2. The highest BCUT2D eigenvalue weighted by Crippen LogP contribution is 2.36. The lowest BCUT2D eigenvalue weighted by molar-refractivity contribution is -0.124. The fraction of sp³-hybridized carbons (Fsp3) is 0.350. The van der Waals surface area contributed by atoms with E-state index in [1.807, 2.05) is 26.0 Å². The molecule has 8 heteroatoms. The molecule has 28 heavy (non-hydrogen) atoms. The number of hydrogen-bond acceptors (Lipinski definition) is 5. The van der Waals surface area contributed by atoms with Gasteiger partial charge < -0.3 is 16.0 Å². The monoisotopic (exact) mass is 381 g/mol. The summed E-state index contributed by atoms with van der Waals surface area (Å²) < 4.78 is 0. The largest absolute Gasteiger partial charge is 0.352 e. The van der Waals surface area contributed by atoms with Gasteiger partial charge in [0.15, 0.2) is 0 Å². The number of aromatic nitrogens is 2. The third-order valence-electron chi connectivity index (χ3n) is 4.72. The average molecular weight is 381 g/mol. The van der Waals surface area contributed by atoms with E-state index < -0.39 is 5.54 Å². The Labute approximate surface area is 163 Å². The zero-order valence-corrected chi connectivity index (χ0v) is 15.9. The van der Waals surface area contributed by atoms with Gasteiger partial charge in [-0.15, -0.1) is 0 Å². The molecule has 1 aromatic heterocycles. The molecule has 0 spiro atoms. The number of carbonyl (C=O) groups is 3. The lowest BCUT2D eigenvalue weighted by Crippen LogP contribution is -2.49. The summed E-state index contributed by atoms with van der Waals surface area (Å²) in [5.41, 5.74) is 0.873. The van der Waals surface area contributed by atoms with E-state index in [0.717, 1.165) is 5.56 Å². The summed E-state index contributed by atoms with van der Waals surface area (Å²) in [7, 11) is 0. The van der Waals surface area contributed by atoms with Crippen molar-refractivity contribution in [1.29, 1.82) is 0 Å². The highest BCUT2D eigenvalue weighted by atomic mass is 16.2. The maximum atomic E-state index is 12.7. The second kappa shape index (κ2) is 8.16. The predicted molar refractivity (Wildman–Crippen MR) is 102 cm³/mol. The normalized spacial score (nSPS) is 15.2. The second-order valence-electron chi connectivity index (χ2n) is 6.84. The molecule has 1 atom stereocenters. The summed E-state index contributed by atoms with van der Waals surface area (Å²) in [6.07, 6.45) is 5.34. The SMILES string of the molecule is CCNC(=O)c1ccc([C@@H](C)NC(=O)C2(NC(=O)c3cncnc3)CC2)cc1. The van der Waals surface area contributed by atoms with Crippen LogP contribution in [0.3, 0.4) is 0 Å². The van der Waals surface area contributed by atoms with Gasteiger partial charge in [0.05, 0.1) is 11.6 Å².